The molecule has 3 aromatic rings. The third-order valence-corrected chi connectivity index (χ3v) is 9.12. The predicted octanol–water partition coefficient (Wildman–Crippen LogP) is 5.79. The molecule has 1 unspecified atom stereocenters. The van der Waals surface area contributed by atoms with Gasteiger partial charge in [0.05, 0.1) is 17.4 Å². The first kappa shape index (κ1) is 44.9. The molecule has 1 saturated heterocycles. The summed E-state index contributed by atoms with van der Waals surface area (Å²) in [5.74, 6) is -9.03. The molecule has 1 aliphatic heterocycles. The van der Waals surface area contributed by atoms with E-state index in [4.69, 9.17) is 33.2 Å². The zero-order chi connectivity index (χ0) is 42.7. The number of aryl methyl sites for hydroxylation is 1. The first-order valence-corrected chi connectivity index (χ1v) is 18.7. The van der Waals surface area contributed by atoms with Crippen LogP contribution in [0.15, 0.2) is 84.9 Å². The van der Waals surface area contributed by atoms with Crippen LogP contribution in [0.2, 0.25) is 0 Å². The quantitative estimate of drug-likeness (QED) is 0.0980. The molecule has 0 bridgehead atoms. The molecule has 1 aliphatic rings. The van der Waals surface area contributed by atoms with Gasteiger partial charge in [0.15, 0.2) is 6.10 Å². The topological polar surface area (TPSA) is 190 Å². The molecular weight excluding hydrogens is 754 g/mol. The molecule has 4 atom stereocenters. The van der Waals surface area contributed by atoms with Gasteiger partial charge in [0.1, 0.15) is 18.0 Å². The van der Waals surface area contributed by atoms with Gasteiger partial charge in [-0.2, -0.15) is 0 Å². The van der Waals surface area contributed by atoms with Crippen molar-refractivity contribution < 1.29 is 67.0 Å². The van der Waals surface area contributed by atoms with Crippen molar-refractivity contribution in [1.82, 2.24) is 4.90 Å². The number of carboxylic acids is 1. The number of benzene rings is 3. The average Bonchev–Trinajstić information content (AvgIpc) is 3.65. The van der Waals surface area contributed by atoms with Gasteiger partial charge < -0.3 is 43.2 Å². The van der Waals surface area contributed by atoms with E-state index in [2.05, 4.69) is 0 Å². The van der Waals surface area contributed by atoms with E-state index in [9.17, 15) is 33.9 Å². The van der Waals surface area contributed by atoms with Crippen molar-refractivity contribution in [2.24, 2.45) is 10.8 Å². The van der Waals surface area contributed by atoms with Crippen LogP contribution in [-0.4, -0.2) is 90.4 Å². The van der Waals surface area contributed by atoms with Crippen molar-refractivity contribution in [2.75, 3.05) is 26.7 Å². The summed E-state index contributed by atoms with van der Waals surface area (Å²) < 4.78 is 37.0. The summed E-state index contributed by atoms with van der Waals surface area (Å²) in [7, 11) is 0. The molecule has 0 radical (unpaired) electrons. The number of ether oxygens (including phenoxy) is 7. The van der Waals surface area contributed by atoms with Crippen molar-refractivity contribution in [3.63, 3.8) is 0 Å². The zero-order valence-corrected chi connectivity index (χ0v) is 33.8. The minimum absolute atomic E-state index is 0.449. The van der Waals surface area contributed by atoms with Gasteiger partial charge in [0.2, 0.25) is 13.6 Å². The molecule has 0 spiro atoms. The number of para-hydroxylation sites is 1. The summed E-state index contributed by atoms with van der Waals surface area (Å²) in [5, 5.41) is 10.1. The lowest BCUT2D eigenvalue weighted by Crippen LogP contribution is -2.53. The highest BCUT2D eigenvalue weighted by Gasteiger charge is 2.59. The van der Waals surface area contributed by atoms with Crippen molar-refractivity contribution >= 4 is 35.8 Å². The Balaban J connectivity index is 1.63. The van der Waals surface area contributed by atoms with Crippen LogP contribution in [0.1, 0.15) is 71.9 Å². The van der Waals surface area contributed by atoms with Crippen LogP contribution in [0.25, 0.3) is 0 Å². The van der Waals surface area contributed by atoms with Crippen molar-refractivity contribution in [2.45, 2.75) is 85.2 Å². The SMILES string of the molecule is C[C@H]([C@H](CCc1ccccc1)c1ccc(Oc2ccccc2)cc1)N(CC(=O)OCOC(=O)C(C)(C)C)C(=O)[C@@H]1COC(C(=O)O)(C(=O)OCOC(=O)C(C)(C)C)O1. The number of rotatable bonds is 17. The largest absolute Gasteiger partial charge is 0.477 e. The first-order valence-electron chi connectivity index (χ1n) is 18.7. The van der Waals surface area contributed by atoms with Crippen LogP contribution < -0.4 is 4.74 Å². The summed E-state index contributed by atoms with van der Waals surface area (Å²) >= 11 is 0. The van der Waals surface area contributed by atoms with Gasteiger partial charge in [-0.1, -0.05) is 60.7 Å². The molecule has 0 aromatic heterocycles. The van der Waals surface area contributed by atoms with Crippen LogP contribution in [0, 0.1) is 10.8 Å². The molecule has 15 heteroatoms. The van der Waals surface area contributed by atoms with Gasteiger partial charge in [-0.25, -0.2) is 9.59 Å². The second kappa shape index (κ2) is 19.6. The molecule has 58 heavy (non-hydrogen) atoms. The lowest BCUT2D eigenvalue weighted by atomic mass is 9.85. The van der Waals surface area contributed by atoms with Gasteiger partial charge in [-0.05, 0) is 96.7 Å². The van der Waals surface area contributed by atoms with Crippen LogP contribution in [-0.2, 0) is 63.6 Å². The van der Waals surface area contributed by atoms with Gasteiger partial charge in [-0.3, -0.25) is 19.2 Å². The lowest BCUT2D eigenvalue weighted by molar-refractivity contribution is -0.227. The number of carboxylic acid groups (broad SMARTS) is 1. The highest BCUT2D eigenvalue weighted by molar-refractivity contribution is 6.02. The third kappa shape index (κ3) is 12.1. The van der Waals surface area contributed by atoms with Gasteiger partial charge in [0.25, 0.3) is 5.91 Å². The first-order chi connectivity index (χ1) is 27.3. The highest BCUT2D eigenvalue weighted by atomic mass is 16.8. The smallest absolute Gasteiger partial charge is 0.382 e. The Morgan fingerprint density at radius 1 is 0.759 bits per heavy atom. The Kier molecular flexibility index (Phi) is 15.2. The molecule has 312 valence electrons. The van der Waals surface area contributed by atoms with E-state index < -0.39 is 97.2 Å². The number of amides is 1. The van der Waals surface area contributed by atoms with E-state index in [-0.39, 0.29) is 0 Å². The molecular formula is C43H51NO14. The molecule has 4 rings (SSSR count). The number of aliphatic carboxylic acids is 1. The normalized spacial score (nSPS) is 17.6. The molecule has 1 heterocycles. The van der Waals surface area contributed by atoms with Crippen molar-refractivity contribution in [3.05, 3.63) is 96.1 Å². The number of carbonyl (C=O) groups excluding carboxylic acids is 5. The minimum Gasteiger partial charge on any atom is -0.477 e. The Bertz CT molecular complexity index is 1890. The summed E-state index contributed by atoms with van der Waals surface area (Å²) in [5.41, 5.74) is -0.0120. The fourth-order valence-electron chi connectivity index (χ4n) is 5.77. The van der Waals surface area contributed by atoms with E-state index in [1.54, 1.807) is 60.6 Å². The second-order valence-corrected chi connectivity index (χ2v) is 15.7. The minimum atomic E-state index is -3.09. The summed E-state index contributed by atoms with van der Waals surface area (Å²) in [6.07, 6.45) is -0.664. The van der Waals surface area contributed by atoms with Crippen LogP contribution in [0.5, 0.6) is 11.5 Å². The predicted molar refractivity (Wildman–Crippen MR) is 206 cm³/mol. The van der Waals surface area contributed by atoms with Crippen LogP contribution >= 0.6 is 0 Å². The summed E-state index contributed by atoms with van der Waals surface area (Å²) in [6, 6.07) is 25.3. The molecule has 3 aromatic carbocycles. The standard InChI is InChI=1S/C43H51NO14/c1-28(33(23-18-29-14-10-8-11-15-29)30-19-21-32(22-20-30)57-31-16-12-9-13-17-31)44(24-35(45)52-26-53-38(49)41(2,3)4)36(46)34-25-56-43(58-34,37(47)48)40(51)55-27-54-39(50)42(5,6)7/h8-17,19-22,28,33-34H,18,23-27H2,1-7H3,(H,47,48)/t28-,33+,34+,43?/m1/s1. The maximum atomic E-state index is 14.4. The summed E-state index contributed by atoms with van der Waals surface area (Å²) in [4.78, 5) is 79.0. The Morgan fingerprint density at radius 3 is 1.84 bits per heavy atom. The molecule has 1 N–H and O–H groups in total. The lowest BCUT2D eigenvalue weighted by Gasteiger charge is -2.36. The van der Waals surface area contributed by atoms with E-state index in [0.29, 0.717) is 24.3 Å². The van der Waals surface area contributed by atoms with Gasteiger partial charge >= 0.3 is 35.6 Å². The number of hydrogen-bond acceptors (Lipinski definition) is 13. The third-order valence-electron chi connectivity index (χ3n) is 9.12. The van der Waals surface area contributed by atoms with E-state index >= 15 is 0 Å². The molecule has 15 nitrogen and oxygen atoms in total. The molecule has 0 aliphatic carbocycles. The van der Waals surface area contributed by atoms with Crippen molar-refractivity contribution in [3.8, 4) is 11.5 Å². The Hall–Kier alpha value is -5.80. The molecule has 1 amide bonds. The van der Waals surface area contributed by atoms with Gasteiger partial charge in [-0.15, -0.1) is 0 Å². The Morgan fingerprint density at radius 2 is 1.29 bits per heavy atom. The number of hydrogen-bond donors (Lipinski definition) is 1. The highest BCUT2D eigenvalue weighted by Crippen LogP contribution is 2.34. The molecule has 1 fully saturated rings. The maximum absolute atomic E-state index is 14.4. The van der Waals surface area contributed by atoms with Crippen molar-refractivity contribution in [1.29, 1.82) is 0 Å². The number of nitrogens with zero attached hydrogens (tertiary/aromatic N) is 1. The Labute approximate surface area is 337 Å². The fraction of sp³-hybridized carbons (Fsp3) is 0.442. The summed E-state index contributed by atoms with van der Waals surface area (Å²) in [6.45, 7) is 8.24. The fourth-order valence-corrected chi connectivity index (χ4v) is 5.77. The second-order valence-electron chi connectivity index (χ2n) is 15.7. The maximum Gasteiger partial charge on any atom is 0.382 e. The van der Waals surface area contributed by atoms with Gasteiger partial charge in [0, 0.05) is 12.0 Å². The van der Waals surface area contributed by atoms with E-state index in [1.165, 1.54) is 0 Å². The monoisotopic (exact) mass is 805 g/mol. The van der Waals surface area contributed by atoms with E-state index in [0.717, 1.165) is 16.0 Å². The zero-order valence-electron chi connectivity index (χ0n) is 33.8. The average molecular weight is 806 g/mol. The molecule has 0 saturated carbocycles. The van der Waals surface area contributed by atoms with Crippen LogP contribution in [0.3, 0.4) is 0 Å². The number of esters is 4. The van der Waals surface area contributed by atoms with E-state index in [1.807, 2.05) is 72.8 Å². The number of carbonyl (C=O) groups is 6. The van der Waals surface area contributed by atoms with Crippen LogP contribution in [0.4, 0.5) is 0 Å².